The monoisotopic (exact) mass is 623 g/mol. The number of benzene rings is 2. The second kappa shape index (κ2) is 13.7. The lowest BCUT2D eigenvalue weighted by Gasteiger charge is -2.47. The summed E-state index contributed by atoms with van der Waals surface area (Å²) in [4.78, 5) is 42.2. The summed E-state index contributed by atoms with van der Waals surface area (Å²) in [6, 6.07) is 13.4. The van der Waals surface area contributed by atoms with Gasteiger partial charge in [0.15, 0.2) is 0 Å². The van der Waals surface area contributed by atoms with Crippen molar-refractivity contribution < 1.29 is 28.3 Å². The number of rotatable bonds is 10. The molecular formula is C36H47F2N3O4. The Hall–Kier alpha value is -3.17. The average molecular weight is 624 g/mol. The van der Waals surface area contributed by atoms with E-state index in [2.05, 4.69) is 38.2 Å². The van der Waals surface area contributed by atoms with Crippen molar-refractivity contribution in [1.29, 1.82) is 0 Å². The van der Waals surface area contributed by atoms with Crippen LogP contribution in [0.4, 0.5) is 8.78 Å². The standard InChI is InChI=1S/C36H47F2N3O4/c1-22-12-32(43)41(35(22)45)20-27-18-39-17-26(27)19-40(33(44)21-42)34(36(2,3)4)30-15-25(29-16-28(37)10-11-31(29)38)14-24(30)13-23-8-6-5-7-9-23/h5-11,16,22,24-27,30,34,39,42H,12-15,17-21H2,1-4H3/t22?,24?,25?,26?,27?,30?,34-/m0/s1. The third kappa shape index (κ3) is 7.30. The molecule has 2 saturated heterocycles. The van der Waals surface area contributed by atoms with E-state index >= 15 is 4.39 Å². The van der Waals surface area contributed by atoms with Crippen molar-refractivity contribution in [2.24, 2.45) is 35.0 Å². The van der Waals surface area contributed by atoms with Crippen LogP contribution in [0.5, 0.6) is 0 Å². The number of aliphatic hydroxyl groups is 1. The fraction of sp³-hybridized carbons (Fsp3) is 0.583. The minimum Gasteiger partial charge on any atom is -0.387 e. The normalized spacial score (nSPS) is 27.8. The lowest BCUT2D eigenvalue weighted by atomic mass is 9.72. The molecule has 45 heavy (non-hydrogen) atoms. The van der Waals surface area contributed by atoms with E-state index in [1.165, 1.54) is 17.0 Å². The van der Waals surface area contributed by atoms with Crippen LogP contribution in [0, 0.1) is 46.6 Å². The Bertz CT molecular complexity index is 1380. The molecule has 1 aliphatic carbocycles. The highest BCUT2D eigenvalue weighted by atomic mass is 19.1. The smallest absolute Gasteiger partial charge is 0.248 e. The maximum atomic E-state index is 15.1. The molecule has 3 aliphatic rings. The van der Waals surface area contributed by atoms with Gasteiger partial charge < -0.3 is 15.3 Å². The molecule has 0 spiro atoms. The predicted molar refractivity (Wildman–Crippen MR) is 168 cm³/mol. The van der Waals surface area contributed by atoms with Crippen molar-refractivity contribution in [1.82, 2.24) is 15.1 Å². The van der Waals surface area contributed by atoms with Crippen LogP contribution in [-0.2, 0) is 20.8 Å². The molecule has 3 fully saturated rings. The van der Waals surface area contributed by atoms with Crippen molar-refractivity contribution in [3.63, 3.8) is 0 Å². The van der Waals surface area contributed by atoms with Crippen molar-refractivity contribution >= 4 is 17.7 Å². The Kier molecular flexibility index (Phi) is 10.1. The molecule has 0 aromatic heterocycles. The number of carbonyl (C=O) groups is 3. The van der Waals surface area contributed by atoms with E-state index in [0.717, 1.165) is 18.1 Å². The average Bonchev–Trinajstić information content (AvgIpc) is 3.68. The first kappa shape index (κ1) is 33.2. The zero-order chi connectivity index (χ0) is 32.5. The van der Waals surface area contributed by atoms with Crippen LogP contribution in [0.2, 0.25) is 0 Å². The van der Waals surface area contributed by atoms with E-state index in [4.69, 9.17) is 0 Å². The molecule has 7 atom stereocenters. The van der Waals surface area contributed by atoms with Gasteiger partial charge in [0.2, 0.25) is 17.7 Å². The topological polar surface area (TPSA) is 90.0 Å². The van der Waals surface area contributed by atoms with Gasteiger partial charge in [0.25, 0.3) is 0 Å². The number of hydrogen-bond donors (Lipinski definition) is 2. The van der Waals surface area contributed by atoms with Gasteiger partial charge in [0, 0.05) is 44.6 Å². The summed E-state index contributed by atoms with van der Waals surface area (Å²) in [5.41, 5.74) is 1.12. The number of nitrogens with zero attached hydrogens (tertiary/aromatic N) is 2. The molecule has 2 aromatic rings. The SMILES string of the molecule is CC1CC(=O)N(CC2CNCC2CN(C(=O)CO)[C@@H](C2CC(c3cc(F)ccc3F)CC2Cc2ccccc2)C(C)(C)C)C1=O. The summed E-state index contributed by atoms with van der Waals surface area (Å²) < 4.78 is 29.5. The number of likely N-dealkylation sites (tertiary alicyclic amines) is 1. The van der Waals surface area contributed by atoms with E-state index in [1.54, 1.807) is 6.92 Å². The van der Waals surface area contributed by atoms with Gasteiger partial charge in [-0.3, -0.25) is 19.3 Å². The minimum atomic E-state index is -0.643. The second-order valence-electron chi connectivity index (χ2n) is 14.6. The molecule has 5 rings (SSSR count). The van der Waals surface area contributed by atoms with Gasteiger partial charge in [0.1, 0.15) is 18.2 Å². The molecule has 244 valence electrons. The van der Waals surface area contributed by atoms with Crippen LogP contribution in [0.3, 0.4) is 0 Å². The van der Waals surface area contributed by atoms with Crippen molar-refractivity contribution in [3.8, 4) is 0 Å². The Balaban J connectivity index is 1.47. The molecule has 3 amide bonds. The largest absolute Gasteiger partial charge is 0.387 e. The summed E-state index contributed by atoms with van der Waals surface area (Å²) in [5, 5.41) is 13.6. The molecule has 2 aliphatic heterocycles. The van der Waals surface area contributed by atoms with E-state index in [9.17, 15) is 23.9 Å². The number of imide groups is 1. The number of nitrogens with one attached hydrogen (secondary N) is 1. The zero-order valence-electron chi connectivity index (χ0n) is 26.8. The zero-order valence-corrected chi connectivity index (χ0v) is 26.8. The molecule has 6 unspecified atom stereocenters. The second-order valence-corrected chi connectivity index (χ2v) is 14.6. The van der Waals surface area contributed by atoms with Crippen LogP contribution < -0.4 is 5.32 Å². The van der Waals surface area contributed by atoms with Crippen LogP contribution in [0.1, 0.15) is 64.0 Å². The maximum absolute atomic E-state index is 15.1. The Morgan fingerprint density at radius 2 is 1.76 bits per heavy atom. The number of amides is 3. The molecule has 9 heteroatoms. The molecule has 2 aromatic carbocycles. The summed E-state index contributed by atoms with van der Waals surface area (Å²) in [5.74, 6) is -2.14. The van der Waals surface area contributed by atoms with E-state index in [-0.39, 0.29) is 65.7 Å². The number of hydrogen-bond acceptors (Lipinski definition) is 5. The van der Waals surface area contributed by atoms with Crippen molar-refractivity contribution in [2.45, 2.75) is 65.3 Å². The molecular weight excluding hydrogens is 576 g/mol. The van der Waals surface area contributed by atoms with Crippen LogP contribution in [0.25, 0.3) is 0 Å². The highest BCUT2D eigenvalue weighted by Crippen LogP contribution is 2.50. The van der Waals surface area contributed by atoms with Crippen LogP contribution in [-0.4, -0.2) is 71.5 Å². The van der Waals surface area contributed by atoms with Gasteiger partial charge >= 0.3 is 0 Å². The summed E-state index contributed by atoms with van der Waals surface area (Å²) >= 11 is 0. The third-order valence-electron chi connectivity index (χ3n) is 10.4. The van der Waals surface area contributed by atoms with Gasteiger partial charge in [-0.15, -0.1) is 0 Å². The summed E-state index contributed by atoms with van der Waals surface area (Å²) in [6.45, 7) is 9.33. The Morgan fingerprint density at radius 3 is 2.40 bits per heavy atom. The van der Waals surface area contributed by atoms with Gasteiger partial charge in [0.05, 0.1) is 0 Å². The highest BCUT2D eigenvalue weighted by molar-refractivity contribution is 6.03. The maximum Gasteiger partial charge on any atom is 0.248 e. The molecule has 0 radical (unpaired) electrons. The molecule has 7 nitrogen and oxygen atoms in total. The molecule has 2 heterocycles. The molecule has 0 bridgehead atoms. The number of halogens is 2. The van der Waals surface area contributed by atoms with Crippen molar-refractivity contribution in [3.05, 3.63) is 71.3 Å². The van der Waals surface area contributed by atoms with E-state index in [1.807, 2.05) is 23.1 Å². The number of aliphatic hydroxyl groups excluding tert-OH is 1. The Labute approximate surface area is 265 Å². The number of carbonyl (C=O) groups excluding carboxylic acids is 3. The summed E-state index contributed by atoms with van der Waals surface area (Å²) in [6.07, 6.45) is 2.19. The summed E-state index contributed by atoms with van der Waals surface area (Å²) in [7, 11) is 0. The van der Waals surface area contributed by atoms with E-state index < -0.39 is 23.7 Å². The first-order chi connectivity index (χ1) is 21.4. The Morgan fingerprint density at radius 1 is 1.04 bits per heavy atom. The van der Waals surface area contributed by atoms with Gasteiger partial charge in [-0.25, -0.2) is 8.78 Å². The molecule has 1 saturated carbocycles. The van der Waals surface area contributed by atoms with Crippen LogP contribution in [0.15, 0.2) is 48.5 Å². The molecule has 2 N–H and O–H groups in total. The lowest BCUT2D eigenvalue weighted by Crippen LogP contribution is -2.55. The predicted octanol–water partition coefficient (Wildman–Crippen LogP) is 4.78. The van der Waals surface area contributed by atoms with Crippen molar-refractivity contribution in [2.75, 3.05) is 32.8 Å². The van der Waals surface area contributed by atoms with Gasteiger partial charge in [-0.1, -0.05) is 58.0 Å². The quantitative estimate of drug-likeness (QED) is 0.372. The van der Waals surface area contributed by atoms with E-state index in [0.29, 0.717) is 44.6 Å². The van der Waals surface area contributed by atoms with Gasteiger partial charge in [-0.2, -0.15) is 0 Å². The lowest BCUT2D eigenvalue weighted by molar-refractivity contribution is -0.144. The minimum absolute atomic E-state index is 0.0318. The highest BCUT2D eigenvalue weighted by Gasteiger charge is 2.49. The fourth-order valence-electron chi connectivity index (χ4n) is 8.32. The third-order valence-corrected chi connectivity index (χ3v) is 10.4. The van der Waals surface area contributed by atoms with Crippen LogP contribution >= 0.6 is 0 Å². The van der Waals surface area contributed by atoms with Gasteiger partial charge in [-0.05, 0) is 83.6 Å². The first-order valence-electron chi connectivity index (χ1n) is 16.3. The first-order valence-corrected chi connectivity index (χ1v) is 16.3. The fourth-order valence-corrected chi connectivity index (χ4v) is 8.32.